The van der Waals surface area contributed by atoms with Crippen molar-refractivity contribution in [3.05, 3.63) is 0 Å². The summed E-state index contributed by atoms with van der Waals surface area (Å²) in [6.45, 7) is 4.09. The molecule has 3 heteroatoms. The van der Waals surface area contributed by atoms with Crippen molar-refractivity contribution in [3.63, 3.8) is 0 Å². The van der Waals surface area contributed by atoms with Gasteiger partial charge >= 0.3 is 5.97 Å². The number of carbonyl (C=O) groups is 1. The molecule has 0 aromatic rings. The van der Waals surface area contributed by atoms with Gasteiger partial charge in [-0.15, -0.1) is 0 Å². The summed E-state index contributed by atoms with van der Waals surface area (Å²) in [5, 5.41) is 0. The molecule has 1 aliphatic heterocycles. The summed E-state index contributed by atoms with van der Waals surface area (Å²) < 4.78 is 5.68. The summed E-state index contributed by atoms with van der Waals surface area (Å²) in [5.74, 6) is 1.17. The highest BCUT2D eigenvalue weighted by Gasteiger charge is 2.45. The van der Waals surface area contributed by atoms with Crippen LogP contribution >= 0.6 is 0 Å². The molecule has 2 aliphatic carbocycles. The second-order valence-corrected chi connectivity index (χ2v) is 6.32. The molecule has 1 heterocycles. The molecule has 0 aromatic carbocycles. The predicted octanol–water partition coefficient (Wildman–Crippen LogP) is 2.59. The van der Waals surface area contributed by atoms with Crippen molar-refractivity contribution in [1.29, 1.82) is 0 Å². The molecule has 18 heavy (non-hydrogen) atoms. The van der Waals surface area contributed by atoms with E-state index < -0.39 is 0 Å². The first-order valence-corrected chi connectivity index (χ1v) is 7.67. The Balaban J connectivity index is 1.74. The fourth-order valence-electron chi connectivity index (χ4n) is 4.51. The summed E-state index contributed by atoms with van der Waals surface area (Å²) in [4.78, 5) is 14.0. The Morgan fingerprint density at radius 3 is 2.56 bits per heavy atom. The lowest BCUT2D eigenvalue weighted by Crippen LogP contribution is -2.52. The van der Waals surface area contributed by atoms with Crippen LogP contribution in [0.3, 0.4) is 0 Å². The number of hydrogen-bond donors (Lipinski definition) is 0. The zero-order valence-corrected chi connectivity index (χ0v) is 11.4. The van der Waals surface area contributed by atoms with Crippen molar-refractivity contribution in [2.45, 2.75) is 64.0 Å². The molecule has 3 rings (SSSR count). The van der Waals surface area contributed by atoms with Crippen LogP contribution in [0.1, 0.15) is 51.9 Å². The van der Waals surface area contributed by atoms with Gasteiger partial charge in [0, 0.05) is 18.9 Å². The summed E-state index contributed by atoms with van der Waals surface area (Å²) in [6.07, 6.45) is 9.36. The molecule has 0 radical (unpaired) electrons. The smallest absolute Gasteiger partial charge is 0.302 e. The highest BCUT2D eigenvalue weighted by Crippen LogP contribution is 2.44. The summed E-state index contributed by atoms with van der Waals surface area (Å²) in [6, 6.07) is 0.688. The van der Waals surface area contributed by atoms with E-state index in [2.05, 4.69) is 4.90 Å². The molecule has 3 nitrogen and oxygen atoms in total. The van der Waals surface area contributed by atoms with Crippen LogP contribution in [-0.2, 0) is 9.53 Å². The highest BCUT2D eigenvalue weighted by atomic mass is 16.5. The van der Waals surface area contributed by atoms with Crippen molar-refractivity contribution >= 4 is 5.97 Å². The summed E-state index contributed by atoms with van der Waals surface area (Å²) in [5.41, 5.74) is 0. The zero-order chi connectivity index (χ0) is 12.5. The van der Waals surface area contributed by atoms with Crippen molar-refractivity contribution in [2.75, 3.05) is 13.1 Å². The normalized spacial score (nSPS) is 40.7. The third kappa shape index (κ3) is 2.29. The molecule has 0 N–H and O–H groups in total. The zero-order valence-electron chi connectivity index (χ0n) is 11.4. The molecule has 3 fully saturated rings. The Morgan fingerprint density at radius 2 is 1.83 bits per heavy atom. The van der Waals surface area contributed by atoms with Crippen LogP contribution in [0.2, 0.25) is 0 Å². The van der Waals surface area contributed by atoms with Gasteiger partial charge in [0.15, 0.2) is 0 Å². The lowest BCUT2D eigenvalue weighted by Gasteiger charge is -2.48. The molecule has 0 unspecified atom stereocenters. The average Bonchev–Trinajstić information content (AvgIpc) is 2.81. The van der Waals surface area contributed by atoms with Gasteiger partial charge in [-0.25, -0.2) is 0 Å². The van der Waals surface area contributed by atoms with Gasteiger partial charge in [-0.05, 0) is 57.5 Å². The van der Waals surface area contributed by atoms with E-state index in [0.717, 1.165) is 0 Å². The van der Waals surface area contributed by atoms with E-state index in [-0.39, 0.29) is 12.1 Å². The molecule has 4 atom stereocenters. The van der Waals surface area contributed by atoms with Gasteiger partial charge in [0.1, 0.15) is 6.10 Å². The Kier molecular flexibility index (Phi) is 3.60. The van der Waals surface area contributed by atoms with Crippen LogP contribution in [0.5, 0.6) is 0 Å². The number of carbonyl (C=O) groups excluding carboxylic acids is 1. The molecule has 102 valence electrons. The van der Waals surface area contributed by atoms with Crippen molar-refractivity contribution < 1.29 is 9.53 Å². The standard InChI is InChI=1S/C15H25NO2/c1-11(17)18-15-12-5-4-6-13(15)14(8-7-12)16-9-2-3-10-16/h12-15H,2-10H2,1H3/t12-,13-,14+,15+/m0/s1. The first kappa shape index (κ1) is 12.5. The Hall–Kier alpha value is -0.570. The van der Waals surface area contributed by atoms with E-state index in [0.29, 0.717) is 17.9 Å². The molecule has 0 aromatic heterocycles. The lowest BCUT2D eigenvalue weighted by molar-refractivity contribution is -0.161. The predicted molar refractivity (Wildman–Crippen MR) is 70.2 cm³/mol. The SMILES string of the molecule is CC(=O)O[C@@H]1[C@H]2CCC[C@H]1[C@H](N1CCCC1)CC2. The van der Waals surface area contributed by atoms with E-state index in [1.807, 2.05) is 0 Å². The van der Waals surface area contributed by atoms with Gasteiger partial charge in [-0.2, -0.15) is 0 Å². The molecule has 0 amide bonds. The van der Waals surface area contributed by atoms with E-state index in [1.54, 1.807) is 6.92 Å². The molecule has 3 aliphatic rings. The number of nitrogens with zero attached hydrogens (tertiary/aromatic N) is 1. The number of esters is 1. The van der Waals surface area contributed by atoms with Crippen LogP contribution in [-0.4, -0.2) is 36.1 Å². The first-order chi connectivity index (χ1) is 8.75. The van der Waals surface area contributed by atoms with Crippen LogP contribution < -0.4 is 0 Å². The Bertz CT molecular complexity index is 312. The number of rotatable bonds is 2. The van der Waals surface area contributed by atoms with Crippen molar-refractivity contribution in [1.82, 2.24) is 4.90 Å². The minimum Gasteiger partial charge on any atom is -0.462 e. The Labute approximate surface area is 110 Å². The third-order valence-electron chi connectivity index (χ3n) is 5.24. The second-order valence-electron chi connectivity index (χ2n) is 6.32. The van der Waals surface area contributed by atoms with Crippen LogP contribution in [0.15, 0.2) is 0 Å². The number of likely N-dealkylation sites (tertiary alicyclic amines) is 1. The van der Waals surface area contributed by atoms with Crippen molar-refractivity contribution in [3.8, 4) is 0 Å². The highest BCUT2D eigenvalue weighted by molar-refractivity contribution is 5.66. The van der Waals surface area contributed by atoms with Gasteiger partial charge in [-0.3, -0.25) is 9.69 Å². The van der Waals surface area contributed by atoms with E-state index in [1.165, 1.54) is 58.0 Å². The monoisotopic (exact) mass is 251 g/mol. The van der Waals surface area contributed by atoms with Gasteiger partial charge in [0.05, 0.1) is 0 Å². The lowest BCUT2D eigenvalue weighted by atomic mass is 9.67. The van der Waals surface area contributed by atoms with Crippen LogP contribution in [0.4, 0.5) is 0 Å². The molecular formula is C15H25NO2. The van der Waals surface area contributed by atoms with Gasteiger partial charge in [-0.1, -0.05) is 6.42 Å². The molecular weight excluding hydrogens is 226 g/mol. The summed E-state index contributed by atoms with van der Waals surface area (Å²) >= 11 is 0. The summed E-state index contributed by atoms with van der Waals surface area (Å²) in [7, 11) is 0. The fourth-order valence-corrected chi connectivity index (χ4v) is 4.51. The topological polar surface area (TPSA) is 29.5 Å². The van der Waals surface area contributed by atoms with Crippen molar-refractivity contribution in [2.24, 2.45) is 11.8 Å². The number of ether oxygens (including phenoxy) is 1. The van der Waals surface area contributed by atoms with Gasteiger partial charge in [0.2, 0.25) is 0 Å². The van der Waals surface area contributed by atoms with Crippen LogP contribution in [0.25, 0.3) is 0 Å². The number of hydrogen-bond acceptors (Lipinski definition) is 3. The first-order valence-electron chi connectivity index (χ1n) is 7.67. The van der Waals surface area contributed by atoms with E-state index in [9.17, 15) is 4.79 Å². The minimum absolute atomic E-state index is 0.0843. The quantitative estimate of drug-likeness (QED) is 0.707. The maximum Gasteiger partial charge on any atom is 0.302 e. The molecule has 2 saturated carbocycles. The maximum atomic E-state index is 11.3. The molecule has 0 spiro atoms. The van der Waals surface area contributed by atoms with Gasteiger partial charge in [0.25, 0.3) is 0 Å². The maximum absolute atomic E-state index is 11.3. The minimum atomic E-state index is -0.0843. The average molecular weight is 251 g/mol. The Morgan fingerprint density at radius 1 is 1.06 bits per heavy atom. The fraction of sp³-hybridized carbons (Fsp3) is 0.933. The van der Waals surface area contributed by atoms with Crippen LogP contribution in [0, 0.1) is 11.8 Å². The molecule has 1 saturated heterocycles. The largest absolute Gasteiger partial charge is 0.462 e. The number of fused-ring (bicyclic) bond motifs is 2. The van der Waals surface area contributed by atoms with E-state index in [4.69, 9.17) is 4.74 Å². The third-order valence-corrected chi connectivity index (χ3v) is 5.24. The van der Waals surface area contributed by atoms with E-state index >= 15 is 0 Å². The van der Waals surface area contributed by atoms with Gasteiger partial charge < -0.3 is 4.74 Å². The molecule has 2 bridgehead atoms. The second kappa shape index (κ2) is 5.20.